The fraction of sp³-hybridized carbons (Fsp3) is 0.318. The Hall–Kier alpha value is -3.33. The molecule has 8 nitrogen and oxygen atoms in total. The molecule has 0 aliphatic carbocycles. The molecule has 1 aliphatic rings. The molecular formula is C22H22N6O2S. The SMILES string of the molecule is Cc1nc(-c2cnc3nc(N4CCCC4C(=O)N[C@H](C)c4ccccc4)sc3c2)no1. The van der Waals surface area contributed by atoms with Crippen molar-refractivity contribution in [3.63, 3.8) is 0 Å². The lowest BCUT2D eigenvalue weighted by atomic mass is 10.1. The predicted molar refractivity (Wildman–Crippen MR) is 119 cm³/mol. The lowest BCUT2D eigenvalue weighted by molar-refractivity contribution is -0.122. The second kappa shape index (κ2) is 8.07. The third-order valence-electron chi connectivity index (χ3n) is 5.48. The number of nitrogens with one attached hydrogen (secondary N) is 1. The van der Waals surface area contributed by atoms with E-state index in [1.165, 1.54) is 11.3 Å². The van der Waals surface area contributed by atoms with Crippen LogP contribution in [0.3, 0.4) is 0 Å². The van der Waals surface area contributed by atoms with Crippen LogP contribution < -0.4 is 10.2 Å². The van der Waals surface area contributed by atoms with Crippen molar-refractivity contribution in [1.29, 1.82) is 0 Å². The lowest BCUT2D eigenvalue weighted by Crippen LogP contribution is -2.44. The average molecular weight is 435 g/mol. The summed E-state index contributed by atoms with van der Waals surface area (Å²) in [5.41, 5.74) is 2.54. The number of anilines is 1. The molecule has 4 aromatic rings. The summed E-state index contributed by atoms with van der Waals surface area (Å²) in [6, 6.07) is 11.7. The van der Waals surface area contributed by atoms with Gasteiger partial charge in [0.1, 0.15) is 6.04 Å². The van der Waals surface area contributed by atoms with Crippen LogP contribution in [0.2, 0.25) is 0 Å². The number of carbonyl (C=O) groups excluding carboxylic acids is 1. The zero-order valence-corrected chi connectivity index (χ0v) is 18.1. The van der Waals surface area contributed by atoms with E-state index in [1.54, 1.807) is 13.1 Å². The van der Waals surface area contributed by atoms with Crippen molar-refractivity contribution in [2.75, 3.05) is 11.4 Å². The summed E-state index contributed by atoms with van der Waals surface area (Å²) >= 11 is 1.53. The van der Waals surface area contributed by atoms with Crippen LogP contribution in [-0.4, -0.2) is 38.6 Å². The highest BCUT2D eigenvalue weighted by molar-refractivity contribution is 7.22. The molecule has 1 aliphatic heterocycles. The fourth-order valence-electron chi connectivity index (χ4n) is 3.87. The Morgan fingerprint density at radius 2 is 2.13 bits per heavy atom. The molecule has 1 amide bonds. The Balaban J connectivity index is 1.36. The van der Waals surface area contributed by atoms with Gasteiger partial charge in [-0.05, 0) is 31.4 Å². The number of aromatic nitrogens is 4. The van der Waals surface area contributed by atoms with Gasteiger partial charge >= 0.3 is 0 Å². The number of nitrogens with zero attached hydrogens (tertiary/aromatic N) is 5. The fourth-order valence-corrected chi connectivity index (χ4v) is 4.91. The number of pyridine rings is 1. The largest absolute Gasteiger partial charge is 0.348 e. The second-order valence-electron chi connectivity index (χ2n) is 7.67. The number of amides is 1. The van der Waals surface area contributed by atoms with Crippen LogP contribution in [0.4, 0.5) is 5.13 Å². The van der Waals surface area contributed by atoms with Gasteiger partial charge in [-0.15, -0.1) is 0 Å². The minimum atomic E-state index is -0.231. The molecule has 9 heteroatoms. The molecule has 1 fully saturated rings. The maximum Gasteiger partial charge on any atom is 0.243 e. The van der Waals surface area contributed by atoms with E-state index >= 15 is 0 Å². The maximum atomic E-state index is 13.1. The van der Waals surface area contributed by atoms with Gasteiger partial charge in [0, 0.05) is 25.2 Å². The summed E-state index contributed by atoms with van der Waals surface area (Å²) < 4.78 is 6.00. The molecule has 1 aromatic carbocycles. The first-order chi connectivity index (χ1) is 15.1. The Kier molecular flexibility index (Phi) is 5.11. The first kappa shape index (κ1) is 19.6. The molecule has 0 saturated carbocycles. The predicted octanol–water partition coefficient (Wildman–Crippen LogP) is 3.90. The Bertz CT molecular complexity index is 1220. The molecule has 1 unspecified atom stereocenters. The summed E-state index contributed by atoms with van der Waals surface area (Å²) in [6.07, 6.45) is 3.46. The van der Waals surface area contributed by atoms with Gasteiger partial charge in [0.15, 0.2) is 10.8 Å². The van der Waals surface area contributed by atoms with Gasteiger partial charge in [-0.25, -0.2) is 4.98 Å². The molecule has 0 spiro atoms. The van der Waals surface area contributed by atoms with E-state index in [-0.39, 0.29) is 18.0 Å². The van der Waals surface area contributed by atoms with Gasteiger partial charge in [-0.1, -0.05) is 46.8 Å². The van der Waals surface area contributed by atoms with Crippen LogP contribution in [0.5, 0.6) is 0 Å². The normalized spacial score (nSPS) is 17.2. The maximum absolute atomic E-state index is 13.1. The minimum absolute atomic E-state index is 0.0315. The molecule has 0 bridgehead atoms. The molecule has 3 aromatic heterocycles. The number of thiazole rings is 1. The number of hydrogen-bond acceptors (Lipinski definition) is 8. The highest BCUT2D eigenvalue weighted by Crippen LogP contribution is 2.34. The number of rotatable bonds is 5. The van der Waals surface area contributed by atoms with Crippen molar-refractivity contribution in [2.45, 2.75) is 38.8 Å². The van der Waals surface area contributed by atoms with Crippen molar-refractivity contribution in [2.24, 2.45) is 0 Å². The van der Waals surface area contributed by atoms with Crippen molar-refractivity contribution >= 4 is 32.7 Å². The van der Waals surface area contributed by atoms with Gasteiger partial charge in [-0.2, -0.15) is 9.97 Å². The highest BCUT2D eigenvalue weighted by Gasteiger charge is 2.33. The summed E-state index contributed by atoms with van der Waals surface area (Å²) in [5.74, 6) is 1.05. The summed E-state index contributed by atoms with van der Waals surface area (Å²) in [7, 11) is 0. The highest BCUT2D eigenvalue weighted by atomic mass is 32.1. The van der Waals surface area contributed by atoms with Crippen molar-refractivity contribution in [1.82, 2.24) is 25.4 Å². The summed E-state index contributed by atoms with van der Waals surface area (Å²) in [5, 5.41) is 7.93. The average Bonchev–Trinajstić information content (AvgIpc) is 3.52. The Morgan fingerprint density at radius 1 is 1.29 bits per heavy atom. The standard InChI is InChI=1S/C22H22N6O2S/c1-13(15-7-4-3-5-8-15)24-21(29)17-9-6-10-28(17)22-26-20-18(31-22)11-16(12-23-20)19-25-14(2)30-27-19/h3-5,7-8,11-13,17H,6,9-10H2,1-2H3,(H,24,29)/t13-,17?/m1/s1. The monoisotopic (exact) mass is 434 g/mol. The molecule has 4 heterocycles. The Morgan fingerprint density at radius 3 is 2.90 bits per heavy atom. The number of aryl methyl sites for hydroxylation is 1. The molecule has 1 N–H and O–H groups in total. The van der Waals surface area contributed by atoms with E-state index in [1.807, 2.05) is 43.3 Å². The van der Waals surface area contributed by atoms with Crippen molar-refractivity contribution < 1.29 is 9.32 Å². The zero-order chi connectivity index (χ0) is 21.4. The second-order valence-corrected chi connectivity index (χ2v) is 8.68. The van der Waals surface area contributed by atoms with Gasteiger partial charge in [0.2, 0.25) is 17.6 Å². The molecule has 158 valence electrons. The van der Waals surface area contributed by atoms with Crippen molar-refractivity contribution in [3.8, 4) is 11.4 Å². The van der Waals surface area contributed by atoms with E-state index in [0.717, 1.165) is 40.3 Å². The van der Waals surface area contributed by atoms with Crippen LogP contribution in [0.1, 0.15) is 37.3 Å². The van der Waals surface area contributed by atoms with Gasteiger partial charge in [-0.3, -0.25) is 4.79 Å². The molecular weight excluding hydrogens is 412 g/mol. The third-order valence-corrected chi connectivity index (χ3v) is 6.51. The van der Waals surface area contributed by atoms with E-state index in [2.05, 4.69) is 25.3 Å². The van der Waals surface area contributed by atoms with E-state index in [4.69, 9.17) is 9.51 Å². The third kappa shape index (κ3) is 3.88. The summed E-state index contributed by atoms with van der Waals surface area (Å²) in [6.45, 7) is 4.56. The van der Waals surface area contributed by atoms with Gasteiger partial charge in [0.25, 0.3) is 0 Å². The van der Waals surface area contributed by atoms with E-state index in [9.17, 15) is 4.79 Å². The first-order valence-electron chi connectivity index (χ1n) is 10.3. The van der Waals surface area contributed by atoms with Crippen LogP contribution in [0.15, 0.2) is 47.1 Å². The van der Waals surface area contributed by atoms with Gasteiger partial charge in [0.05, 0.1) is 10.7 Å². The zero-order valence-electron chi connectivity index (χ0n) is 17.3. The number of carbonyl (C=O) groups is 1. The topological polar surface area (TPSA) is 97.0 Å². The number of hydrogen-bond donors (Lipinski definition) is 1. The quantitative estimate of drug-likeness (QED) is 0.509. The number of benzene rings is 1. The smallest absolute Gasteiger partial charge is 0.243 e. The first-order valence-corrected chi connectivity index (χ1v) is 11.1. The summed E-state index contributed by atoms with van der Waals surface area (Å²) in [4.78, 5) is 28.6. The van der Waals surface area contributed by atoms with Crippen LogP contribution >= 0.6 is 11.3 Å². The Labute approximate surface area is 183 Å². The molecule has 1 saturated heterocycles. The molecule has 31 heavy (non-hydrogen) atoms. The minimum Gasteiger partial charge on any atom is -0.348 e. The lowest BCUT2D eigenvalue weighted by Gasteiger charge is -2.25. The van der Waals surface area contributed by atoms with Crippen LogP contribution in [0.25, 0.3) is 21.7 Å². The van der Waals surface area contributed by atoms with Crippen molar-refractivity contribution in [3.05, 3.63) is 54.0 Å². The van der Waals surface area contributed by atoms with Crippen LogP contribution in [0, 0.1) is 6.92 Å². The van der Waals surface area contributed by atoms with E-state index < -0.39 is 0 Å². The number of fused-ring (bicyclic) bond motifs is 1. The van der Waals surface area contributed by atoms with Crippen LogP contribution in [-0.2, 0) is 4.79 Å². The molecule has 2 atom stereocenters. The van der Waals surface area contributed by atoms with E-state index in [0.29, 0.717) is 17.4 Å². The molecule has 5 rings (SSSR count). The molecule has 0 radical (unpaired) electrons. The van der Waals surface area contributed by atoms with Gasteiger partial charge < -0.3 is 14.7 Å².